The van der Waals surface area contributed by atoms with Gasteiger partial charge in [0.15, 0.2) is 0 Å². The average Bonchev–Trinajstić information content (AvgIpc) is 2.40. The number of fused-ring (bicyclic) bond motifs is 1. The molecule has 1 nitrogen and oxygen atoms in total. The van der Waals surface area contributed by atoms with E-state index in [4.69, 9.17) is 0 Å². The predicted octanol–water partition coefficient (Wildman–Crippen LogP) is 1.92. The van der Waals surface area contributed by atoms with Gasteiger partial charge in [-0.05, 0) is 19.3 Å². The molecule has 2 saturated heterocycles. The molecule has 3 heteroatoms. The topological polar surface area (TPSA) is 3.24 Å². The second-order valence-electron chi connectivity index (χ2n) is 4.09. The minimum Gasteiger partial charge on any atom is -0.292 e. The molecule has 1 unspecified atom stereocenters. The van der Waals surface area contributed by atoms with Gasteiger partial charge in [0, 0.05) is 18.6 Å². The monoisotopic (exact) mass is 175 g/mol. The molecule has 0 aromatic heterocycles. The first kappa shape index (κ1) is 8.42. The smallest absolute Gasteiger partial charge is 0.115 e. The minimum atomic E-state index is -0.725. The van der Waals surface area contributed by atoms with Crippen molar-refractivity contribution in [1.29, 1.82) is 0 Å². The van der Waals surface area contributed by atoms with E-state index in [0.29, 0.717) is 25.9 Å². The van der Waals surface area contributed by atoms with Crippen LogP contribution in [0.3, 0.4) is 0 Å². The number of rotatable bonds is 1. The zero-order chi connectivity index (χ0) is 8.77. The first-order valence-electron chi connectivity index (χ1n) is 4.69. The van der Waals surface area contributed by atoms with E-state index in [9.17, 15) is 8.78 Å². The Morgan fingerprint density at radius 2 is 1.75 bits per heavy atom. The van der Waals surface area contributed by atoms with Gasteiger partial charge >= 0.3 is 0 Å². The summed E-state index contributed by atoms with van der Waals surface area (Å²) in [6.45, 7) is 2.94. The summed E-state index contributed by atoms with van der Waals surface area (Å²) in [4.78, 5) is 2.00. The normalized spacial score (nSPS) is 48.2. The molecule has 0 amide bonds. The summed E-state index contributed by atoms with van der Waals surface area (Å²) in [7, 11) is 0. The summed E-state index contributed by atoms with van der Waals surface area (Å²) in [5.74, 6) is 0. The Morgan fingerprint density at radius 3 is 2.08 bits per heavy atom. The van der Waals surface area contributed by atoms with Gasteiger partial charge in [-0.25, -0.2) is 8.78 Å². The van der Waals surface area contributed by atoms with Gasteiger partial charge in [0.05, 0.1) is 0 Å². The molecule has 0 N–H and O–H groups in total. The van der Waals surface area contributed by atoms with Gasteiger partial charge in [-0.3, -0.25) is 4.90 Å². The highest BCUT2D eigenvalue weighted by atomic mass is 19.1. The zero-order valence-corrected chi connectivity index (χ0v) is 7.39. The fourth-order valence-corrected chi connectivity index (χ4v) is 2.75. The molecule has 2 aliphatic heterocycles. The molecular weight excluding hydrogens is 160 g/mol. The third kappa shape index (κ3) is 1.06. The lowest BCUT2D eigenvalue weighted by Gasteiger charge is -2.29. The summed E-state index contributed by atoms with van der Waals surface area (Å²) in [5, 5.41) is 0. The van der Waals surface area contributed by atoms with Gasteiger partial charge in [0.2, 0.25) is 0 Å². The maximum Gasteiger partial charge on any atom is 0.115 e. The lowest BCUT2D eigenvalue weighted by Crippen LogP contribution is -2.37. The van der Waals surface area contributed by atoms with Crippen LogP contribution in [0.4, 0.5) is 8.78 Å². The van der Waals surface area contributed by atoms with E-state index in [1.54, 1.807) is 0 Å². The van der Waals surface area contributed by atoms with Crippen LogP contribution in [0.25, 0.3) is 0 Å². The molecule has 70 valence electrons. The molecule has 0 aliphatic carbocycles. The van der Waals surface area contributed by atoms with E-state index in [2.05, 4.69) is 0 Å². The first-order valence-corrected chi connectivity index (χ1v) is 4.69. The Kier molecular flexibility index (Phi) is 1.86. The van der Waals surface area contributed by atoms with Crippen LogP contribution < -0.4 is 0 Å². The van der Waals surface area contributed by atoms with Crippen molar-refractivity contribution in [2.45, 2.75) is 44.1 Å². The highest BCUT2D eigenvalue weighted by Crippen LogP contribution is 2.43. The lowest BCUT2D eigenvalue weighted by molar-refractivity contribution is 0.189. The van der Waals surface area contributed by atoms with Crippen molar-refractivity contribution in [3.8, 4) is 0 Å². The van der Waals surface area contributed by atoms with Crippen LogP contribution in [0.5, 0.6) is 0 Å². The van der Waals surface area contributed by atoms with Crippen molar-refractivity contribution < 1.29 is 8.78 Å². The second-order valence-corrected chi connectivity index (χ2v) is 4.09. The van der Waals surface area contributed by atoms with E-state index < -0.39 is 12.3 Å². The van der Waals surface area contributed by atoms with Crippen molar-refractivity contribution in [3.63, 3.8) is 0 Å². The standard InChI is InChI=1S/C9H15F2N/c1-2-9-3-7(10)5-12(9)6-8(11)4-9/h7-8H,2-6H2,1H3/t7-,8+,9?. The Bertz CT molecular complexity index is 169. The van der Waals surface area contributed by atoms with Crippen LogP contribution in [0.15, 0.2) is 0 Å². The molecule has 12 heavy (non-hydrogen) atoms. The number of halogens is 2. The van der Waals surface area contributed by atoms with E-state index in [1.165, 1.54) is 0 Å². The highest BCUT2D eigenvalue weighted by molar-refractivity contribution is 5.05. The molecule has 2 aliphatic rings. The lowest BCUT2D eigenvalue weighted by atomic mass is 9.90. The Hall–Kier alpha value is -0.180. The molecule has 0 saturated carbocycles. The Balaban J connectivity index is 2.16. The quantitative estimate of drug-likeness (QED) is 0.588. The maximum absolute atomic E-state index is 13.0. The molecule has 0 bridgehead atoms. The fraction of sp³-hybridized carbons (Fsp3) is 1.00. The van der Waals surface area contributed by atoms with Crippen molar-refractivity contribution in [3.05, 3.63) is 0 Å². The third-order valence-corrected chi connectivity index (χ3v) is 3.37. The summed E-state index contributed by atoms with van der Waals surface area (Å²) in [6, 6.07) is 0. The zero-order valence-electron chi connectivity index (χ0n) is 7.39. The third-order valence-electron chi connectivity index (χ3n) is 3.37. The van der Waals surface area contributed by atoms with Gasteiger partial charge in [0.1, 0.15) is 12.3 Å². The molecular formula is C9H15F2N. The van der Waals surface area contributed by atoms with E-state index in [1.807, 2.05) is 11.8 Å². The van der Waals surface area contributed by atoms with Gasteiger partial charge in [0.25, 0.3) is 0 Å². The average molecular weight is 175 g/mol. The molecule has 0 aromatic rings. The Morgan fingerprint density at radius 1 is 1.25 bits per heavy atom. The van der Waals surface area contributed by atoms with E-state index in [-0.39, 0.29) is 5.54 Å². The van der Waals surface area contributed by atoms with E-state index in [0.717, 1.165) is 6.42 Å². The number of hydrogen-bond acceptors (Lipinski definition) is 1. The van der Waals surface area contributed by atoms with Gasteiger partial charge in [-0.2, -0.15) is 0 Å². The van der Waals surface area contributed by atoms with Crippen LogP contribution >= 0.6 is 0 Å². The van der Waals surface area contributed by atoms with Gasteiger partial charge < -0.3 is 0 Å². The van der Waals surface area contributed by atoms with E-state index >= 15 is 0 Å². The number of hydrogen-bond donors (Lipinski definition) is 0. The van der Waals surface area contributed by atoms with Crippen LogP contribution in [0.1, 0.15) is 26.2 Å². The second kappa shape index (κ2) is 2.66. The van der Waals surface area contributed by atoms with Crippen molar-refractivity contribution in [1.82, 2.24) is 4.90 Å². The van der Waals surface area contributed by atoms with Crippen LogP contribution in [0, 0.1) is 0 Å². The number of alkyl halides is 2. The molecule has 0 radical (unpaired) electrons. The summed E-state index contributed by atoms with van der Waals surface area (Å²) in [5.41, 5.74) is -0.126. The molecule has 0 spiro atoms. The van der Waals surface area contributed by atoms with Crippen molar-refractivity contribution in [2.24, 2.45) is 0 Å². The molecule has 2 fully saturated rings. The summed E-state index contributed by atoms with van der Waals surface area (Å²) in [6.07, 6.45) is 0.525. The summed E-state index contributed by atoms with van der Waals surface area (Å²) < 4.78 is 26.1. The maximum atomic E-state index is 13.0. The first-order chi connectivity index (χ1) is 5.66. The van der Waals surface area contributed by atoms with Gasteiger partial charge in [-0.1, -0.05) is 6.92 Å². The SMILES string of the molecule is CCC12C[C@H](F)CN1C[C@H](F)C2. The number of nitrogens with zero attached hydrogens (tertiary/aromatic N) is 1. The Labute approximate surface area is 71.7 Å². The van der Waals surface area contributed by atoms with Gasteiger partial charge in [-0.15, -0.1) is 0 Å². The predicted molar refractivity (Wildman–Crippen MR) is 43.6 cm³/mol. The van der Waals surface area contributed by atoms with Crippen LogP contribution in [-0.4, -0.2) is 35.9 Å². The highest BCUT2D eigenvalue weighted by Gasteiger charge is 2.50. The van der Waals surface area contributed by atoms with Crippen molar-refractivity contribution in [2.75, 3.05) is 13.1 Å². The molecule has 2 heterocycles. The molecule has 3 atom stereocenters. The fourth-order valence-electron chi connectivity index (χ4n) is 2.75. The van der Waals surface area contributed by atoms with Crippen LogP contribution in [-0.2, 0) is 0 Å². The molecule has 2 rings (SSSR count). The largest absolute Gasteiger partial charge is 0.292 e. The molecule has 0 aromatic carbocycles. The van der Waals surface area contributed by atoms with Crippen LogP contribution in [0.2, 0.25) is 0 Å². The summed E-state index contributed by atoms with van der Waals surface area (Å²) >= 11 is 0. The van der Waals surface area contributed by atoms with Crippen molar-refractivity contribution >= 4 is 0 Å². The minimum absolute atomic E-state index is 0.126.